The van der Waals surface area contributed by atoms with Crippen LogP contribution in [0, 0.1) is 19.8 Å². The first-order chi connectivity index (χ1) is 11.3. The number of methoxy groups -OCH3 is 1. The molecule has 1 heterocycles. The lowest BCUT2D eigenvalue weighted by atomic mass is 10.0. The number of rotatable bonds is 5. The van der Waals surface area contributed by atoms with Crippen molar-refractivity contribution in [2.75, 3.05) is 7.11 Å². The molecule has 1 aromatic heterocycles. The smallest absolute Gasteiger partial charge is 0.328 e. The molecule has 6 nitrogen and oxygen atoms in total. The molecule has 0 fully saturated rings. The number of aryl methyl sites for hydroxylation is 2. The summed E-state index contributed by atoms with van der Waals surface area (Å²) in [7, 11) is 1.31. The highest BCUT2D eigenvalue weighted by Crippen LogP contribution is 2.14. The van der Waals surface area contributed by atoms with Crippen molar-refractivity contribution < 1.29 is 14.3 Å². The van der Waals surface area contributed by atoms with Crippen LogP contribution in [0.4, 0.5) is 0 Å². The van der Waals surface area contributed by atoms with Crippen LogP contribution in [0.5, 0.6) is 0 Å². The Kier molecular flexibility index (Phi) is 5.39. The summed E-state index contributed by atoms with van der Waals surface area (Å²) < 4.78 is 6.56. The van der Waals surface area contributed by atoms with Crippen LogP contribution < -0.4 is 5.32 Å². The van der Waals surface area contributed by atoms with Crippen LogP contribution >= 0.6 is 0 Å². The number of carbonyl (C=O) groups is 2. The molecular formula is C18H23N3O3. The molecule has 1 N–H and O–H groups in total. The molecule has 0 saturated heterocycles. The van der Waals surface area contributed by atoms with Gasteiger partial charge in [0.05, 0.1) is 18.5 Å². The lowest BCUT2D eigenvalue weighted by Gasteiger charge is -2.19. The van der Waals surface area contributed by atoms with E-state index in [0.29, 0.717) is 5.56 Å². The average Bonchev–Trinajstić information content (AvgIpc) is 2.90. The Morgan fingerprint density at radius 1 is 1.17 bits per heavy atom. The first kappa shape index (κ1) is 17.7. The number of aromatic nitrogens is 2. The second kappa shape index (κ2) is 7.29. The SMILES string of the molecule is COC(=O)C(NC(=O)c1ccc(-n2nc(C)cc2C)cc1)C(C)C. The van der Waals surface area contributed by atoms with Crippen LogP contribution in [-0.4, -0.2) is 34.8 Å². The number of esters is 1. The number of benzene rings is 1. The molecule has 1 unspecified atom stereocenters. The number of ether oxygens (including phenoxy) is 1. The normalized spacial score (nSPS) is 12.1. The molecule has 1 amide bonds. The molecule has 0 bridgehead atoms. The van der Waals surface area contributed by atoms with E-state index in [1.54, 1.807) is 12.1 Å². The molecule has 24 heavy (non-hydrogen) atoms. The quantitative estimate of drug-likeness (QED) is 0.855. The van der Waals surface area contributed by atoms with E-state index in [0.717, 1.165) is 17.1 Å². The molecule has 128 valence electrons. The topological polar surface area (TPSA) is 73.2 Å². The van der Waals surface area contributed by atoms with Gasteiger partial charge in [0.25, 0.3) is 5.91 Å². The molecular weight excluding hydrogens is 306 g/mol. The van der Waals surface area contributed by atoms with Crippen molar-refractivity contribution in [2.45, 2.75) is 33.7 Å². The van der Waals surface area contributed by atoms with E-state index in [1.165, 1.54) is 7.11 Å². The molecule has 1 aromatic carbocycles. The van der Waals surface area contributed by atoms with Gasteiger partial charge in [0.2, 0.25) is 0 Å². The third-order valence-electron chi connectivity index (χ3n) is 3.79. The van der Waals surface area contributed by atoms with Crippen molar-refractivity contribution in [2.24, 2.45) is 5.92 Å². The minimum Gasteiger partial charge on any atom is -0.467 e. The Bertz CT molecular complexity index is 732. The molecule has 0 aliphatic heterocycles. The van der Waals surface area contributed by atoms with Gasteiger partial charge in [0, 0.05) is 11.3 Å². The number of amides is 1. The minimum absolute atomic E-state index is 0.0598. The summed E-state index contributed by atoms with van der Waals surface area (Å²) in [4.78, 5) is 24.1. The van der Waals surface area contributed by atoms with Crippen LogP contribution in [0.3, 0.4) is 0 Å². The van der Waals surface area contributed by atoms with Gasteiger partial charge in [-0.1, -0.05) is 13.8 Å². The van der Waals surface area contributed by atoms with Crippen molar-refractivity contribution in [1.29, 1.82) is 0 Å². The van der Waals surface area contributed by atoms with Gasteiger partial charge in [-0.25, -0.2) is 9.48 Å². The standard InChI is InChI=1S/C18H23N3O3/c1-11(2)16(18(23)24-5)19-17(22)14-6-8-15(9-7-14)21-13(4)10-12(3)20-21/h6-11,16H,1-5H3,(H,19,22). The van der Waals surface area contributed by atoms with Gasteiger partial charge in [-0.15, -0.1) is 0 Å². The summed E-state index contributed by atoms with van der Waals surface area (Å²) in [6.07, 6.45) is 0. The van der Waals surface area contributed by atoms with Gasteiger partial charge in [0.1, 0.15) is 6.04 Å². The van der Waals surface area contributed by atoms with E-state index < -0.39 is 12.0 Å². The second-order valence-corrected chi connectivity index (χ2v) is 6.10. The van der Waals surface area contributed by atoms with E-state index in [-0.39, 0.29) is 11.8 Å². The van der Waals surface area contributed by atoms with E-state index in [9.17, 15) is 9.59 Å². The largest absolute Gasteiger partial charge is 0.467 e. The molecule has 0 aliphatic carbocycles. The number of nitrogens with zero attached hydrogens (tertiary/aromatic N) is 2. The van der Waals surface area contributed by atoms with Crippen molar-refractivity contribution >= 4 is 11.9 Å². The molecule has 2 rings (SSSR count). The Balaban J connectivity index is 2.16. The number of hydrogen-bond donors (Lipinski definition) is 1. The van der Waals surface area contributed by atoms with E-state index in [1.807, 2.05) is 50.6 Å². The summed E-state index contributed by atoms with van der Waals surface area (Å²) in [5, 5.41) is 7.14. The zero-order valence-corrected chi connectivity index (χ0v) is 14.7. The lowest BCUT2D eigenvalue weighted by molar-refractivity contribution is -0.144. The molecule has 0 radical (unpaired) electrons. The molecule has 2 aromatic rings. The maximum absolute atomic E-state index is 12.4. The highest BCUT2D eigenvalue weighted by molar-refractivity contribution is 5.97. The highest BCUT2D eigenvalue weighted by Gasteiger charge is 2.25. The summed E-state index contributed by atoms with van der Waals surface area (Å²) in [6, 6.07) is 8.42. The maximum Gasteiger partial charge on any atom is 0.328 e. The predicted molar refractivity (Wildman–Crippen MR) is 91.1 cm³/mol. The number of hydrogen-bond acceptors (Lipinski definition) is 4. The van der Waals surface area contributed by atoms with Gasteiger partial charge < -0.3 is 10.1 Å². The van der Waals surface area contributed by atoms with Crippen LogP contribution in [0.2, 0.25) is 0 Å². The summed E-state index contributed by atoms with van der Waals surface area (Å²) in [5.41, 5.74) is 3.32. The van der Waals surface area contributed by atoms with E-state index in [2.05, 4.69) is 10.4 Å². The Morgan fingerprint density at radius 3 is 2.25 bits per heavy atom. The number of nitrogens with one attached hydrogen (secondary N) is 1. The second-order valence-electron chi connectivity index (χ2n) is 6.10. The molecule has 0 aliphatic rings. The summed E-state index contributed by atoms with van der Waals surface area (Å²) >= 11 is 0. The zero-order valence-electron chi connectivity index (χ0n) is 14.7. The van der Waals surface area contributed by atoms with Crippen LogP contribution in [0.25, 0.3) is 5.69 Å². The molecule has 0 spiro atoms. The monoisotopic (exact) mass is 329 g/mol. The van der Waals surface area contributed by atoms with Crippen LogP contribution in [0.15, 0.2) is 30.3 Å². The van der Waals surface area contributed by atoms with Gasteiger partial charge in [-0.2, -0.15) is 5.10 Å². The lowest BCUT2D eigenvalue weighted by Crippen LogP contribution is -2.45. The fraction of sp³-hybridized carbons (Fsp3) is 0.389. The van der Waals surface area contributed by atoms with Gasteiger partial charge in [-0.05, 0) is 50.1 Å². The maximum atomic E-state index is 12.4. The molecule has 0 saturated carbocycles. The first-order valence-electron chi connectivity index (χ1n) is 7.86. The Morgan fingerprint density at radius 2 is 1.79 bits per heavy atom. The van der Waals surface area contributed by atoms with Crippen molar-refractivity contribution in [1.82, 2.24) is 15.1 Å². The Labute approximate surface area is 141 Å². The van der Waals surface area contributed by atoms with E-state index in [4.69, 9.17) is 4.74 Å². The summed E-state index contributed by atoms with van der Waals surface area (Å²) in [5.74, 6) is -0.813. The van der Waals surface area contributed by atoms with Crippen molar-refractivity contribution in [3.63, 3.8) is 0 Å². The third-order valence-corrected chi connectivity index (χ3v) is 3.79. The minimum atomic E-state index is -0.668. The van der Waals surface area contributed by atoms with Gasteiger partial charge in [0.15, 0.2) is 0 Å². The average molecular weight is 329 g/mol. The van der Waals surface area contributed by atoms with E-state index >= 15 is 0 Å². The van der Waals surface area contributed by atoms with Crippen molar-refractivity contribution in [3.05, 3.63) is 47.3 Å². The molecule has 1 atom stereocenters. The van der Waals surface area contributed by atoms with Crippen LogP contribution in [-0.2, 0) is 9.53 Å². The van der Waals surface area contributed by atoms with Gasteiger partial charge >= 0.3 is 5.97 Å². The van der Waals surface area contributed by atoms with Crippen molar-refractivity contribution in [3.8, 4) is 5.69 Å². The first-order valence-corrected chi connectivity index (χ1v) is 7.86. The fourth-order valence-electron chi connectivity index (χ4n) is 2.49. The fourth-order valence-corrected chi connectivity index (χ4v) is 2.49. The molecule has 6 heteroatoms. The van der Waals surface area contributed by atoms with Gasteiger partial charge in [-0.3, -0.25) is 4.79 Å². The van der Waals surface area contributed by atoms with Crippen LogP contribution in [0.1, 0.15) is 35.6 Å². The Hall–Kier alpha value is -2.63. The highest BCUT2D eigenvalue weighted by atomic mass is 16.5. The predicted octanol–water partition coefficient (Wildman–Crippen LogP) is 2.42. The zero-order chi connectivity index (χ0) is 17.9. The third kappa shape index (κ3) is 3.82. The summed E-state index contributed by atoms with van der Waals surface area (Å²) in [6.45, 7) is 7.62. The number of carbonyl (C=O) groups excluding carboxylic acids is 2.